The first kappa shape index (κ1) is 22.7. The van der Waals surface area contributed by atoms with Crippen molar-refractivity contribution in [2.75, 3.05) is 32.1 Å². The Kier molecular flexibility index (Phi) is 5.92. The minimum absolute atomic E-state index is 0.0737. The summed E-state index contributed by atoms with van der Waals surface area (Å²) >= 11 is 0. The summed E-state index contributed by atoms with van der Waals surface area (Å²) in [6.07, 6.45) is 10.0. The lowest BCUT2D eigenvalue weighted by Crippen LogP contribution is -2.41. The Bertz CT molecular complexity index is 1400. The number of nitrogens with zero attached hydrogens (tertiary/aromatic N) is 6. The minimum atomic E-state index is 0.0737. The van der Waals surface area contributed by atoms with Gasteiger partial charge in [-0.2, -0.15) is 5.10 Å². The molecule has 0 saturated carbocycles. The van der Waals surface area contributed by atoms with Crippen LogP contribution in [-0.4, -0.2) is 61.9 Å². The number of ether oxygens (including phenoxy) is 1. The molecule has 1 saturated heterocycles. The van der Waals surface area contributed by atoms with Crippen molar-refractivity contribution in [3.8, 4) is 11.1 Å². The molecule has 1 atom stereocenters. The summed E-state index contributed by atoms with van der Waals surface area (Å²) in [5, 5.41) is 8.06. The molecule has 9 nitrogen and oxygen atoms in total. The molecule has 0 aromatic carbocycles. The third kappa shape index (κ3) is 4.46. The Morgan fingerprint density at radius 1 is 1.11 bits per heavy atom. The second-order valence-corrected chi connectivity index (χ2v) is 10.0. The van der Waals surface area contributed by atoms with E-state index in [0.29, 0.717) is 11.8 Å². The number of hydrogen-bond donors (Lipinski definition) is 1. The van der Waals surface area contributed by atoms with Crippen LogP contribution in [-0.2, 0) is 22.6 Å². The number of carbonyl (C=O) groups is 1. The Balaban J connectivity index is 1.13. The molecule has 0 aliphatic carbocycles. The van der Waals surface area contributed by atoms with E-state index in [2.05, 4.69) is 51.4 Å². The maximum atomic E-state index is 12.0. The Labute approximate surface area is 210 Å². The van der Waals surface area contributed by atoms with E-state index < -0.39 is 0 Å². The van der Waals surface area contributed by atoms with Gasteiger partial charge in [0.1, 0.15) is 18.2 Å². The first-order chi connectivity index (χ1) is 17.6. The minimum Gasteiger partial charge on any atom is -0.375 e. The van der Waals surface area contributed by atoms with Crippen molar-refractivity contribution in [2.45, 2.75) is 38.8 Å². The molecule has 36 heavy (non-hydrogen) atoms. The fourth-order valence-electron chi connectivity index (χ4n) is 5.28. The average Bonchev–Trinajstić information content (AvgIpc) is 3.60. The van der Waals surface area contributed by atoms with Crippen molar-refractivity contribution in [1.82, 2.24) is 29.2 Å². The van der Waals surface area contributed by atoms with Crippen molar-refractivity contribution in [3.63, 3.8) is 0 Å². The summed E-state index contributed by atoms with van der Waals surface area (Å²) in [6, 6.07) is 8.25. The van der Waals surface area contributed by atoms with Crippen LogP contribution in [0.1, 0.15) is 31.2 Å². The van der Waals surface area contributed by atoms with Crippen LogP contribution in [0.3, 0.4) is 0 Å². The summed E-state index contributed by atoms with van der Waals surface area (Å²) in [7, 11) is 1.56. The normalized spacial score (nSPS) is 17.7. The Morgan fingerprint density at radius 2 is 1.97 bits per heavy atom. The summed E-state index contributed by atoms with van der Waals surface area (Å²) in [5.74, 6) is 3.06. The van der Waals surface area contributed by atoms with Crippen LogP contribution in [0.2, 0.25) is 0 Å². The van der Waals surface area contributed by atoms with Crippen LogP contribution in [0, 0.1) is 5.92 Å². The zero-order valence-electron chi connectivity index (χ0n) is 20.7. The molecule has 2 aliphatic heterocycles. The van der Waals surface area contributed by atoms with Gasteiger partial charge in [0.15, 0.2) is 0 Å². The second-order valence-electron chi connectivity index (χ2n) is 10.0. The van der Waals surface area contributed by atoms with Crippen molar-refractivity contribution in [2.24, 2.45) is 5.92 Å². The third-order valence-corrected chi connectivity index (χ3v) is 7.40. The molecule has 0 spiro atoms. The van der Waals surface area contributed by atoms with Gasteiger partial charge in [0.05, 0.1) is 17.2 Å². The smallest absolute Gasteiger partial charge is 0.248 e. The SMILES string of the molecule is COCC(=O)N1CCC(Cn2cc(-c3cnc4ccc(Nc5cc6cn5CC6C)nc4c3)cn2)CC1. The molecule has 9 heteroatoms. The van der Waals surface area contributed by atoms with Gasteiger partial charge in [0.2, 0.25) is 5.91 Å². The Morgan fingerprint density at radius 3 is 2.72 bits per heavy atom. The molecule has 6 rings (SSSR count). The van der Waals surface area contributed by atoms with E-state index in [4.69, 9.17) is 9.72 Å². The van der Waals surface area contributed by atoms with Gasteiger partial charge in [-0.1, -0.05) is 6.92 Å². The molecule has 1 fully saturated rings. The summed E-state index contributed by atoms with van der Waals surface area (Å²) in [4.78, 5) is 23.4. The summed E-state index contributed by atoms with van der Waals surface area (Å²) in [5.41, 5.74) is 5.10. The molecular formula is C27H31N7O2. The Hall–Kier alpha value is -3.72. The maximum Gasteiger partial charge on any atom is 0.248 e. The standard InChI is InChI=1S/C27H31N7O2/c1-18-13-33-15-21(18)10-26(33)31-25-4-3-23-24(30-25)9-20(11-28-23)22-12-29-34(16-22)14-19-5-7-32(8-6-19)27(35)17-36-2/h3-4,9-12,15-16,18-19H,5-8,13-14,17H2,1-2H3,(H,30,31). The number of aromatic nitrogens is 5. The molecule has 4 aromatic heterocycles. The first-order valence-electron chi connectivity index (χ1n) is 12.6. The lowest BCUT2D eigenvalue weighted by atomic mass is 9.97. The van der Waals surface area contributed by atoms with Gasteiger partial charge in [-0.05, 0) is 48.6 Å². The van der Waals surface area contributed by atoms with Crippen LogP contribution in [0.4, 0.5) is 11.6 Å². The number of methoxy groups -OCH3 is 1. The number of anilines is 2. The predicted molar refractivity (Wildman–Crippen MR) is 138 cm³/mol. The molecule has 2 bridgehead atoms. The van der Waals surface area contributed by atoms with Gasteiger partial charge in [0, 0.05) is 68.9 Å². The van der Waals surface area contributed by atoms with Crippen molar-refractivity contribution in [3.05, 3.63) is 54.6 Å². The molecule has 6 heterocycles. The number of likely N-dealkylation sites (tertiary alicyclic amines) is 1. The van der Waals surface area contributed by atoms with E-state index in [9.17, 15) is 4.79 Å². The highest BCUT2D eigenvalue weighted by Gasteiger charge is 2.23. The molecule has 2 aliphatic rings. The topological polar surface area (TPSA) is 90.1 Å². The summed E-state index contributed by atoms with van der Waals surface area (Å²) < 4.78 is 9.23. The molecular weight excluding hydrogens is 454 g/mol. The highest BCUT2D eigenvalue weighted by Crippen LogP contribution is 2.33. The molecule has 1 unspecified atom stereocenters. The first-order valence-corrected chi connectivity index (χ1v) is 12.6. The van der Waals surface area contributed by atoms with Gasteiger partial charge in [-0.25, -0.2) is 4.98 Å². The fraction of sp³-hybridized carbons (Fsp3) is 0.407. The van der Waals surface area contributed by atoms with Crippen LogP contribution in [0.15, 0.2) is 49.1 Å². The predicted octanol–water partition coefficient (Wildman–Crippen LogP) is 4.04. The summed E-state index contributed by atoms with van der Waals surface area (Å²) in [6.45, 7) is 5.83. The molecule has 1 N–H and O–H groups in total. The van der Waals surface area contributed by atoms with E-state index in [-0.39, 0.29) is 12.5 Å². The van der Waals surface area contributed by atoms with Gasteiger partial charge in [0.25, 0.3) is 0 Å². The zero-order chi connectivity index (χ0) is 24.6. The van der Waals surface area contributed by atoms with Crippen molar-refractivity contribution < 1.29 is 9.53 Å². The fourth-order valence-corrected chi connectivity index (χ4v) is 5.28. The number of pyridine rings is 2. The van der Waals surface area contributed by atoms with Crippen LogP contribution in [0.25, 0.3) is 22.2 Å². The van der Waals surface area contributed by atoms with Crippen LogP contribution >= 0.6 is 0 Å². The second kappa shape index (κ2) is 9.39. The van der Waals surface area contributed by atoms with E-state index in [1.807, 2.05) is 34.1 Å². The number of fused-ring (bicyclic) bond motifs is 3. The monoisotopic (exact) mass is 485 g/mol. The lowest BCUT2D eigenvalue weighted by Gasteiger charge is -2.31. The number of carbonyl (C=O) groups excluding carboxylic acids is 1. The van der Waals surface area contributed by atoms with Crippen molar-refractivity contribution in [1.29, 1.82) is 0 Å². The largest absolute Gasteiger partial charge is 0.375 e. The van der Waals surface area contributed by atoms with Crippen LogP contribution < -0.4 is 5.32 Å². The number of piperidine rings is 1. The quantitative estimate of drug-likeness (QED) is 0.425. The maximum absolute atomic E-state index is 12.0. The van der Waals surface area contributed by atoms with Gasteiger partial charge >= 0.3 is 0 Å². The van der Waals surface area contributed by atoms with Gasteiger partial charge in [-0.3, -0.25) is 14.5 Å². The molecule has 0 radical (unpaired) electrons. The molecule has 4 aromatic rings. The highest BCUT2D eigenvalue weighted by atomic mass is 16.5. The van der Waals surface area contributed by atoms with Crippen LogP contribution in [0.5, 0.6) is 0 Å². The number of hydrogen-bond acceptors (Lipinski definition) is 6. The van der Waals surface area contributed by atoms with E-state index in [1.54, 1.807) is 7.11 Å². The van der Waals surface area contributed by atoms with E-state index in [0.717, 1.165) is 72.8 Å². The van der Waals surface area contributed by atoms with Crippen molar-refractivity contribution >= 4 is 28.6 Å². The van der Waals surface area contributed by atoms with E-state index in [1.165, 1.54) is 5.56 Å². The lowest BCUT2D eigenvalue weighted by molar-refractivity contribution is -0.136. The van der Waals surface area contributed by atoms with Gasteiger partial charge in [-0.15, -0.1) is 0 Å². The average molecular weight is 486 g/mol. The highest BCUT2D eigenvalue weighted by molar-refractivity contribution is 5.81. The zero-order valence-corrected chi connectivity index (χ0v) is 20.7. The molecule has 186 valence electrons. The number of amides is 1. The number of rotatable bonds is 7. The third-order valence-electron chi connectivity index (χ3n) is 7.40. The van der Waals surface area contributed by atoms with E-state index >= 15 is 0 Å². The molecule has 1 amide bonds. The van der Waals surface area contributed by atoms with Gasteiger partial charge < -0.3 is 19.5 Å². The number of nitrogens with one attached hydrogen (secondary N) is 1.